The lowest BCUT2D eigenvalue weighted by molar-refractivity contribution is -0.140. The highest BCUT2D eigenvalue weighted by molar-refractivity contribution is 6.08. The SMILES string of the molecule is CCCCC1=NC2(CCN(C(=O)C(C)C)CC2)C(=O)N1CC. The van der Waals surface area contributed by atoms with E-state index in [9.17, 15) is 9.59 Å². The molecule has 0 bridgehead atoms. The monoisotopic (exact) mass is 307 g/mol. The van der Waals surface area contributed by atoms with E-state index in [-0.39, 0.29) is 17.7 Å². The van der Waals surface area contributed by atoms with E-state index in [1.807, 2.05) is 30.6 Å². The number of nitrogens with zero attached hydrogens (tertiary/aromatic N) is 3. The fourth-order valence-corrected chi connectivity index (χ4v) is 3.36. The minimum atomic E-state index is -0.590. The number of unbranched alkanes of at least 4 members (excludes halogenated alkanes) is 1. The van der Waals surface area contributed by atoms with E-state index in [0.29, 0.717) is 32.5 Å². The number of amidine groups is 1. The van der Waals surface area contributed by atoms with E-state index >= 15 is 0 Å². The molecular weight excluding hydrogens is 278 g/mol. The number of hydrogen-bond acceptors (Lipinski definition) is 3. The van der Waals surface area contributed by atoms with Crippen molar-refractivity contribution in [2.24, 2.45) is 10.9 Å². The van der Waals surface area contributed by atoms with Crippen LogP contribution in [0.4, 0.5) is 0 Å². The Morgan fingerprint density at radius 1 is 1.27 bits per heavy atom. The first-order valence-electron chi connectivity index (χ1n) is 8.64. The van der Waals surface area contributed by atoms with Gasteiger partial charge in [0.15, 0.2) is 0 Å². The second kappa shape index (κ2) is 6.80. The Morgan fingerprint density at radius 3 is 2.41 bits per heavy atom. The van der Waals surface area contributed by atoms with Gasteiger partial charge in [0.1, 0.15) is 11.4 Å². The van der Waals surface area contributed by atoms with Crippen molar-refractivity contribution in [1.29, 1.82) is 0 Å². The normalized spacial score (nSPS) is 21.0. The van der Waals surface area contributed by atoms with Crippen molar-refractivity contribution in [2.45, 2.75) is 65.3 Å². The van der Waals surface area contributed by atoms with E-state index in [4.69, 9.17) is 4.99 Å². The third-order valence-electron chi connectivity index (χ3n) is 4.76. The smallest absolute Gasteiger partial charge is 0.255 e. The van der Waals surface area contributed by atoms with Gasteiger partial charge in [-0.1, -0.05) is 27.2 Å². The molecule has 1 fully saturated rings. The molecule has 0 atom stereocenters. The zero-order valence-electron chi connectivity index (χ0n) is 14.4. The summed E-state index contributed by atoms with van der Waals surface area (Å²) in [5, 5.41) is 0. The summed E-state index contributed by atoms with van der Waals surface area (Å²) in [6, 6.07) is 0. The Balaban J connectivity index is 2.10. The van der Waals surface area contributed by atoms with Crippen LogP contribution in [0.2, 0.25) is 0 Å². The molecule has 22 heavy (non-hydrogen) atoms. The van der Waals surface area contributed by atoms with E-state index in [1.54, 1.807) is 0 Å². The number of aliphatic imine (C=N–C) groups is 1. The van der Waals surface area contributed by atoms with Crippen LogP contribution < -0.4 is 0 Å². The Labute approximate surface area is 133 Å². The Hall–Kier alpha value is -1.39. The zero-order chi connectivity index (χ0) is 16.3. The van der Waals surface area contributed by atoms with Gasteiger partial charge in [0.2, 0.25) is 5.91 Å². The second-order valence-corrected chi connectivity index (χ2v) is 6.69. The minimum absolute atomic E-state index is 0.0177. The fourth-order valence-electron chi connectivity index (χ4n) is 3.36. The molecule has 2 aliphatic rings. The number of hydrogen-bond donors (Lipinski definition) is 0. The van der Waals surface area contributed by atoms with E-state index in [2.05, 4.69) is 6.92 Å². The lowest BCUT2D eigenvalue weighted by Gasteiger charge is -2.37. The zero-order valence-corrected chi connectivity index (χ0v) is 14.4. The molecule has 2 rings (SSSR count). The maximum Gasteiger partial charge on any atom is 0.255 e. The van der Waals surface area contributed by atoms with Crippen molar-refractivity contribution in [3.8, 4) is 0 Å². The second-order valence-electron chi connectivity index (χ2n) is 6.69. The summed E-state index contributed by atoms with van der Waals surface area (Å²) in [4.78, 5) is 33.5. The number of likely N-dealkylation sites (tertiary alicyclic amines) is 1. The van der Waals surface area contributed by atoms with E-state index in [0.717, 1.165) is 25.1 Å². The predicted molar refractivity (Wildman–Crippen MR) is 87.7 cm³/mol. The summed E-state index contributed by atoms with van der Waals surface area (Å²) >= 11 is 0. The summed E-state index contributed by atoms with van der Waals surface area (Å²) < 4.78 is 0. The fraction of sp³-hybridized carbons (Fsp3) is 0.824. The van der Waals surface area contributed by atoms with Gasteiger partial charge in [-0.3, -0.25) is 19.5 Å². The van der Waals surface area contributed by atoms with Crippen molar-refractivity contribution in [3.05, 3.63) is 0 Å². The highest BCUT2D eigenvalue weighted by Crippen LogP contribution is 2.34. The first-order chi connectivity index (χ1) is 10.4. The van der Waals surface area contributed by atoms with E-state index in [1.165, 1.54) is 0 Å². The minimum Gasteiger partial charge on any atom is -0.342 e. The summed E-state index contributed by atoms with van der Waals surface area (Å²) in [5.41, 5.74) is -0.590. The van der Waals surface area contributed by atoms with Crippen LogP contribution in [0.5, 0.6) is 0 Å². The average Bonchev–Trinajstić information content (AvgIpc) is 2.77. The lowest BCUT2D eigenvalue weighted by Crippen LogP contribution is -2.51. The number of rotatable bonds is 5. The number of piperidine rings is 1. The number of amides is 2. The quantitative estimate of drug-likeness (QED) is 0.783. The van der Waals surface area contributed by atoms with Gasteiger partial charge < -0.3 is 4.90 Å². The number of likely N-dealkylation sites (N-methyl/N-ethyl adjacent to an activating group) is 1. The van der Waals surface area contributed by atoms with E-state index < -0.39 is 5.54 Å². The molecule has 0 unspecified atom stereocenters. The molecule has 1 spiro atoms. The van der Waals surface area contributed by atoms with Gasteiger partial charge in [-0.2, -0.15) is 0 Å². The number of carbonyl (C=O) groups excluding carboxylic acids is 2. The highest BCUT2D eigenvalue weighted by Gasteiger charge is 2.49. The van der Waals surface area contributed by atoms with Gasteiger partial charge in [-0.25, -0.2) is 0 Å². The molecule has 2 aliphatic heterocycles. The van der Waals surface area contributed by atoms with Crippen LogP contribution in [-0.4, -0.2) is 52.6 Å². The molecule has 0 aliphatic carbocycles. The van der Waals surface area contributed by atoms with Crippen molar-refractivity contribution < 1.29 is 9.59 Å². The van der Waals surface area contributed by atoms with Gasteiger partial charge in [0, 0.05) is 32.0 Å². The third kappa shape index (κ3) is 3.03. The summed E-state index contributed by atoms with van der Waals surface area (Å²) in [6.07, 6.45) is 4.38. The Kier molecular flexibility index (Phi) is 5.24. The maximum atomic E-state index is 12.8. The molecule has 0 radical (unpaired) electrons. The van der Waals surface area contributed by atoms with Gasteiger partial charge in [-0.05, 0) is 26.2 Å². The van der Waals surface area contributed by atoms with Gasteiger partial charge in [0.25, 0.3) is 5.91 Å². The van der Waals surface area contributed by atoms with Crippen LogP contribution in [0.15, 0.2) is 4.99 Å². The topological polar surface area (TPSA) is 53.0 Å². The lowest BCUT2D eigenvalue weighted by atomic mass is 9.87. The molecule has 0 N–H and O–H groups in total. The molecule has 0 aromatic carbocycles. The molecule has 0 aromatic rings. The molecule has 2 heterocycles. The predicted octanol–water partition coefficient (Wildman–Crippen LogP) is 2.45. The molecule has 2 amide bonds. The standard InChI is InChI=1S/C17H29N3O2/c1-5-7-8-14-18-17(16(22)20(14)6-2)9-11-19(12-10-17)15(21)13(3)4/h13H,5-12H2,1-4H3. The Morgan fingerprint density at radius 2 is 1.91 bits per heavy atom. The summed E-state index contributed by atoms with van der Waals surface area (Å²) in [7, 11) is 0. The van der Waals surface area contributed by atoms with Gasteiger partial charge in [0.05, 0.1) is 0 Å². The van der Waals surface area contributed by atoms with Crippen molar-refractivity contribution in [3.63, 3.8) is 0 Å². The highest BCUT2D eigenvalue weighted by atomic mass is 16.2. The van der Waals surface area contributed by atoms with Crippen molar-refractivity contribution >= 4 is 17.6 Å². The molecule has 0 aromatic heterocycles. The van der Waals surface area contributed by atoms with Gasteiger partial charge >= 0.3 is 0 Å². The first-order valence-corrected chi connectivity index (χ1v) is 8.64. The molecular formula is C17H29N3O2. The summed E-state index contributed by atoms with van der Waals surface area (Å²) in [6.45, 7) is 9.99. The largest absolute Gasteiger partial charge is 0.342 e. The average molecular weight is 307 g/mol. The number of carbonyl (C=O) groups is 2. The first kappa shape index (κ1) is 17.0. The molecule has 5 heteroatoms. The Bertz CT molecular complexity index is 463. The van der Waals surface area contributed by atoms with Gasteiger partial charge in [-0.15, -0.1) is 0 Å². The van der Waals surface area contributed by atoms with Crippen molar-refractivity contribution in [2.75, 3.05) is 19.6 Å². The maximum absolute atomic E-state index is 12.8. The van der Waals surface area contributed by atoms with Crippen LogP contribution in [0, 0.1) is 5.92 Å². The molecule has 1 saturated heterocycles. The molecule has 124 valence electrons. The van der Waals surface area contributed by atoms with Crippen LogP contribution in [0.3, 0.4) is 0 Å². The summed E-state index contributed by atoms with van der Waals surface area (Å²) in [5.74, 6) is 1.31. The van der Waals surface area contributed by atoms with Crippen LogP contribution in [0.25, 0.3) is 0 Å². The molecule has 5 nitrogen and oxygen atoms in total. The van der Waals surface area contributed by atoms with Crippen molar-refractivity contribution in [1.82, 2.24) is 9.80 Å². The molecule has 0 saturated carbocycles. The van der Waals surface area contributed by atoms with Crippen LogP contribution >= 0.6 is 0 Å². The third-order valence-corrected chi connectivity index (χ3v) is 4.76. The van der Waals surface area contributed by atoms with Crippen LogP contribution in [0.1, 0.15) is 59.8 Å². The van der Waals surface area contributed by atoms with Crippen LogP contribution in [-0.2, 0) is 9.59 Å².